The summed E-state index contributed by atoms with van der Waals surface area (Å²) in [5, 5.41) is 2.84. The molecule has 0 aliphatic carbocycles. The Kier molecular flexibility index (Phi) is 6.14. The first-order chi connectivity index (χ1) is 12.2. The van der Waals surface area contributed by atoms with Crippen LogP contribution in [0.3, 0.4) is 0 Å². The third kappa shape index (κ3) is 5.37. The molecule has 1 aromatic carbocycles. The number of carbonyl (C=O) groups excluding carboxylic acids is 1. The number of amides is 1. The SMILES string of the molecule is CC(=O)NCCC1CN(Cc2ccc(-c3ccccn3)cc2)CCO1. The van der Waals surface area contributed by atoms with E-state index in [4.69, 9.17) is 4.74 Å². The Morgan fingerprint density at radius 2 is 2.12 bits per heavy atom. The number of carbonyl (C=O) groups is 1. The van der Waals surface area contributed by atoms with Crippen LogP contribution >= 0.6 is 0 Å². The number of pyridine rings is 1. The van der Waals surface area contributed by atoms with Gasteiger partial charge in [-0.25, -0.2) is 0 Å². The van der Waals surface area contributed by atoms with Gasteiger partial charge in [0, 0.05) is 44.9 Å². The van der Waals surface area contributed by atoms with E-state index in [2.05, 4.69) is 39.5 Å². The molecule has 1 aromatic heterocycles. The van der Waals surface area contributed by atoms with Gasteiger partial charge in [0.2, 0.25) is 5.91 Å². The molecule has 2 heterocycles. The molecule has 0 spiro atoms. The van der Waals surface area contributed by atoms with Crippen LogP contribution in [0.25, 0.3) is 11.3 Å². The largest absolute Gasteiger partial charge is 0.375 e. The zero-order valence-corrected chi connectivity index (χ0v) is 14.6. The van der Waals surface area contributed by atoms with Crippen molar-refractivity contribution in [3.8, 4) is 11.3 Å². The van der Waals surface area contributed by atoms with Gasteiger partial charge in [-0.3, -0.25) is 14.7 Å². The average Bonchev–Trinajstić information content (AvgIpc) is 2.63. The molecule has 1 atom stereocenters. The smallest absolute Gasteiger partial charge is 0.216 e. The zero-order valence-electron chi connectivity index (χ0n) is 14.6. The highest BCUT2D eigenvalue weighted by Gasteiger charge is 2.20. The maximum absolute atomic E-state index is 11.0. The molecule has 3 rings (SSSR count). The topological polar surface area (TPSA) is 54.5 Å². The van der Waals surface area contributed by atoms with Gasteiger partial charge in [0.1, 0.15) is 0 Å². The van der Waals surface area contributed by atoms with Gasteiger partial charge in [-0.05, 0) is 24.1 Å². The van der Waals surface area contributed by atoms with E-state index in [1.54, 1.807) is 6.92 Å². The van der Waals surface area contributed by atoms with Crippen molar-refractivity contribution in [3.05, 3.63) is 54.2 Å². The number of nitrogens with one attached hydrogen (secondary N) is 1. The second-order valence-electron chi connectivity index (χ2n) is 6.41. The Morgan fingerprint density at radius 3 is 2.84 bits per heavy atom. The van der Waals surface area contributed by atoms with Crippen LogP contribution in [0.1, 0.15) is 18.9 Å². The third-order valence-corrected chi connectivity index (χ3v) is 4.38. The standard InChI is InChI=1S/C20H25N3O2/c1-16(24)21-11-9-19-15-23(12-13-25-19)14-17-5-7-18(8-6-17)20-4-2-3-10-22-20/h2-8,10,19H,9,11-15H2,1H3,(H,21,24). The summed E-state index contributed by atoms with van der Waals surface area (Å²) in [6.45, 7) is 5.73. The maximum Gasteiger partial charge on any atom is 0.216 e. The molecule has 0 radical (unpaired) electrons. The fourth-order valence-electron chi connectivity index (χ4n) is 3.08. The highest BCUT2D eigenvalue weighted by atomic mass is 16.5. The van der Waals surface area contributed by atoms with E-state index >= 15 is 0 Å². The molecule has 1 saturated heterocycles. The summed E-state index contributed by atoms with van der Waals surface area (Å²) in [5.74, 6) is 0.0145. The molecule has 2 aromatic rings. The minimum absolute atomic E-state index is 0.0145. The second-order valence-corrected chi connectivity index (χ2v) is 6.41. The van der Waals surface area contributed by atoms with E-state index in [0.29, 0.717) is 6.54 Å². The molecule has 1 N–H and O–H groups in total. The second kappa shape index (κ2) is 8.74. The van der Waals surface area contributed by atoms with Crippen LogP contribution in [-0.2, 0) is 16.1 Å². The van der Waals surface area contributed by atoms with E-state index < -0.39 is 0 Å². The monoisotopic (exact) mass is 339 g/mol. The Bertz CT molecular complexity index is 673. The Labute approximate surface area is 149 Å². The average molecular weight is 339 g/mol. The summed E-state index contributed by atoms with van der Waals surface area (Å²) in [7, 11) is 0. The highest BCUT2D eigenvalue weighted by Crippen LogP contribution is 2.18. The first-order valence-electron chi connectivity index (χ1n) is 8.79. The number of rotatable bonds is 6. The van der Waals surface area contributed by atoms with E-state index in [1.807, 2.05) is 24.4 Å². The number of morpholine rings is 1. The van der Waals surface area contributed by atoms with Crippen LogP contribution in [0.15, 0.2) is 48.7 Å². The normalized spacial score (nSPS) is 18.0. The molecule has 5 nitrogen and oxygen atoms in total. The van der Waals surface area contributed by atoms with Crippen molar-refractivity contribution in [1.82, 2.24) is 15.2 Å². The van der Waals surface area contributed by atoms with Gasteiger partial charge in [-0.2, -0.15) is 0 Å². The van der Waals surface area contributed by atoms with E-state index in [1.165, 1.54) is 5.56 Å². The molecule has 132 valence electrons. The molecular weight excluding hydrogens is 314 g/mol. The number of hydrogen-bond acceptors (Lipinski definition) is 4. The van der Waals surface area contributed by atoms with Crippen LogP contribution in [0, 0.1) is 0 Å². The summed E-state index contributed by atoms with van der Waals surface area (Å²) in [6.07, 6.45) is 2.86. The fraction of sp³-hybridized carbons (Fsp3) is 0.400. The Balaban J connectivity index is 1.52. The van der Waals surface area contributed by atoms with Crippen LogP contribution in [0.5, 0.6) is 0 Å². The molecule has 1 fully saturated rings. The predicted molar refractivity (Wildman–Crippen MR) is 98.0 cm³/mol. The van der Waals surface area contributed by atoms with Gasteiger partial charge in [-0.15, -0.1) is 0 Å². The molecule has 0 bridgehead atoms. The van der Waals surface area contributed by atoms with Crippen LogP contribution in [-0.4, -0.2) is 48.1 Å². The number of benzene rings is 1. The van der Waals surface area contributed by atoms with Gasteiger partial charge in [0.25, 0.3) is 0 Å². The fourth-order valence-corrected chi connectivity index (χ4v) is 3.08. The number of nitrogens with zero attached hydrogens (tertiary/aromatic N) is 2. The first-order valence-corrected chi connectivity index (χ1v) is 8.79. The minimum atomic E-state index is 0.0145. The number of hydrogen-bond donors (Lipinski definition) is 1. The Morgan fingerprint density at radius 1 is 1.28 bits per heavy atom. The van der Waals surface area contributed by atoms with Gasteiger partial charge < -0.3 is 10.1 Å². The predicted octanol–water partition coefficient (Wildman–Crippen LogP) is 2.48. The lowest BCUT2D eigenvalue weighted by molar-refractivity contribution is -0.119. The van der Waals surface area contributed by atoms with Gasteiger partial charge >= 0.3 is 0 Å². The van der Waals surface area contributed by atoms with Crippen molar-refractivity contribution in [2.45, 2.75) is 26.0 Å². The molecule has 25 heavy (non-hydrogen) atoms. The van der Waals surface area contributed by atoms with Crippen LogP contribution in [0.4, 0.5) is 0 Å². The summed E-state index contributed by atoms with van der Waals surface area (Å²) in [5.41, 5.74) is 3.43. The molecule has 5 heteroatoms. The summed E-state index contributed by atoms with van der Waals surface area (Å²) in [4.78, 5) is 17.8. The van der Waals surface area contributed by atoms with Crippen molar-refractivity contribution in [2.75, 3.05) is 26.2 Å². The van der Waals surface area contributed by atoms with Crippen molar-refractivity contribution in [2.24, 2.45) is 0 Å². The van der Waals surface area contributed by atoms with E-state index in [-0.39, 0.29) is 12.0 Å². The molecule has 0 saturated carbocycles. The zero-order chi connectivity index (χ0) is 17.5. The Hall–Kier alpha value is -2.24. The lowest BCUT2D eigenvalue weighted by atomic mass is 10.1. The van der Waals surface area contributed by atoms with E-state index in [0.717, 1.165) is 43.9 Å². The lowest BCUT2D eigenvalue weighted by Crippen LogP contribution is -2.43. The first kappa shape index (κ1) is 17.6. The van der Waals surface area contributed by atoms with Crippen molar-refractivity contribution < 1.29 is 9.53 Å². The van der Waals surface area contributed by atoms with Crippen molar-refractivity contribution in [1.29, 1.82) is 0 Å². The van der Waals surface area contributed by atoms with Crippen LogP contribution < -0.4 is 5.32 Å². The van der Waals surface area contributed by atoms with Crippen molar-refractivity contribution in [3.63, 3.8) is 0 Å². The van der Waals surface area contributed by atoms with Gasteiger partial charge in [-0.1, -0.05) is 30.3 Å². The summed E-state index contributed by atoms with van der Waals surface area (Å²) >= 11 is 0. The van der Waals surface area contributed by atoms with E-state index in [9.17, 15) is 4.79 Å². The molecule has 1 aliphatic rings. The van der Waals surface area contributed by atoms with Crippen molar-refractivity contribution >= 4 is 5.91 Å². The number of ether oxygens (including phenoxy) is 1. The van der Waals surface area contributed by atoms with Crippen LogP contribution in [0.2, 0.25) is 0 Å². The van der Waals surface area contributed by atoms with Gasteiger partial charge in [0.05, 0.1) is 18.4 Å². The highest BCUT2D eigenvalue weighted by molar-refractivity contribution is 5.72. The quantitative estimate of drug-likeness (QED) is 0.878. The van der Waals surface area contributed by atoms with Gasteiger partial charge in [0.15, 0.2) is 0 Å². The lowest BCUT2D eigenvalue weighted by Gasteiger charge is -2.33. The molecule has 1 unspecified atom stereocenters. The summed E-state index contributed by atoms with van der Waals surface area (Å²) < 4.78 is 5.80. The summed E-state index contributed by atoms with van der Waals surface area (Å²) in [6, 6.07) is 14.6. The minimum Gasteiger partial charge on any atom is -0.375 e. The molecular formula is C20H25N3O2. The molecule has 1 aliphatic heterocycles. The molecule has 1 amide bonds. The maximum atomic E-state index is 11.0. The third-order valence-electron chi connectivity index (χ3n) is 4.38. The number of aromatic nitrogens is 1.